The summed E-state index contributed by atoms with van der Waals surface area (Å²) in [5, 5.41) is 2.61. The maximum Gasteiger partial charge on any atom is 0.246 e. The Morgan fingerprint density at radius 3 is 2.80 bits per heavy atom. The van der Waals surface area contributed by atoms with Crippen LogP contribution in [0.5, 0.6) is 0 Å². The number of nitrogens with two attached hydrogens (primary N) is 1. The van der Waals surface area contributed by atoms with Gasteiger partial charge in [0.25, 0.3) is 0 Å². The van der Waals surface area contributed by atoms with Gasteiger partial charge in [-0.1, -0.05) is 18.2 Å². The van der Waals surface area contributed by atoms with Crippen molar-refractivity contribution in [2.45, 2.75) is 19.3 Å². The minimum Gasteiger partial charge on any atom is -0.398 e. The molecule has 130 valence electrons. The van der Waals surface area contributed by atoms with Crippen molar-refractivity contribution in [3.8, 4) is 0 Å². The highest BCUT2D eigenvalue weighted by atomic mass is 19.1. The van der Waals surface area contributed by atoms with Crippen LogP contribution in [0.15, 0.2) is 42.5 Å². The third kappa shape index (κ3) is 3.96. The van der Waals surface area contributed by atoms with E-state index in [0.717, 1.165) is 24.1 Å². The van der Waals surface area contributed by atoms with Crippen LogP contribution in [0.3, 0.4) is 0 Å². The van der Waals surface area contributed by atoms with E-state index in [-0.39, 0.29) is 30.6 Å². The third-order valence-electron chi connectivity index (χ3n) is 4.28. The quantitative estimate of drug-likeness (QED) is 0.836. The van der Waals surface area contributed by atoms with E-state index in [4.69, 9.17) is 5.73 Å². The molecule has 3 N–H and O–H groups in total. The summed E-state index contributed by atoms with van der Waals surface area (Å²) in [6, 6.07) is 11.4. The fraction of sp³-hybridized carbons (Fsp3) is 0.263. The molecular weight excluding hydrogens is 321 g/mol. The van der Waals surface area contributed by atoms with Gasteiger partial charge in [0.1, 0.15) is 5.82 Å². The van der Waals surface area contributed by atoms with Crippen molar-refractivity contribution in [1.82, 2.24) is 5.32 Å². The van der Waals surface area contributed by atoms with Crippen molar-refractivity contribution in [2.24, 2.45) is 0 Å². The van der Waals surface area contributed by atoms with Crippen molar-refractivity contribution in [3.63, 3.8) is 0 Å². The molecule has 0 fully saturated rings. The first-order valence-corrected chi connectivity index (χ1v) is 8.23. The van der Waals surface area contributed by atoms with Gasteiger partial charge in [0, 0.05) is 17.9 Å². The summed E-state index contributed by atoms with van der Waals surface area (Å²) in [5.74, 6) is -0.883. The molecule has 5 nitrogen and oxygen atoms in total. The van der Waals surface area contributed by atoms with Gasteiger partial charge in [-0.05, 0) is 48.2 Å². The van der Waals surface area contributed by atoms with Gasteiger partial charge in [-0.15, -0.1) is 0 Å². The molecule has 1 heterocycles. The number of carbonyl (C=O) groups excluding carboxylic acids is 2. The zero-order chi connectivity index (χ0) is 17.8. The van der Waals surface area contributed by atoms with Gasteiger partial charge in [-0.2, -0.15) is 0 Å². The summed E-state index contributed by atoms with van der Waals surface area (Å²) in [4.78, 5) is 26.1. The number of nitrogen functional groups attached to an aromatic ring is 1. The number of halogens is 1. The van der Waals surface area contributed by atoms with Crippen molar-refractivity contribution in [1.29, 1.82) is 0 Å². The van der Waals surface area contributed by atoms with Crippen LogP contribution < -0.4 is 16.0 Å². The van der Waals surface area contributed by atoms with Crippen molar-refractivity contribution in [3.05, 3.63) is 59.4 Å². The topological polar surface area (TPSA) is 75.4 Å². The third-order valence-corrected chi connectivity index (χ3v) is 4.28. The van der Waals surface area contributed by atoms with E-state index in [1.165, 1.54) is 12.1 Å². The fourth-order valence-electron chi connectivity index (χ4n) is 3.08. The van der Waals surface area contributed by atoms with Crippen LogP contribution in [0.4, 0.5) is 15.8 Å². The molecule has 0 saturated carbocycles. The number of rotatable bonds is 4. The van der Waals surface area contributed by atoms with Gasteiger partial charge in [0.05, 0.1) is 13.0 Å². The van der Waals surface area contributed by atoms with Crippen LogP contribution >= 0.6 is 0 Å². The van der Waals surface area contributed by atoms with Crippen LogP contribution in [0.25, 0.3) is 0 Å². The van der Waals surface area contributed by atoms with Gasteiger partial charge >= 0.3 is 0 Å². The maximum absolute atomic E-state index is 13.1. The molecule has 3 rings (SSSR count). The summed E-state index contributed by atoms with van der Waals surface area (Å²) in [6.07, 6.45) is 1.72. The molecule has 25 heavy (non-hydrogen) atoms. The number of benzene rings is 2. The number of anilines is 2. The molecule has 0 bridgehead atoms. The monoisotopic (exact) mass is 341 g/mol. The molecular formula is C19H20FN3O2. The summed E-state index contributed by atoms with van der Waals surface area (Å²) in [6.45, 7) is 0.511. The standard InChI is InChI=1S/C19H20FN3O2/c20-14-5-1-4-13(10-14)11-18(24)22-12-19(25)23-9-3-6-15-16(21)7-2-8-17(15)23/h1-2,4-5,7-8,10H,3,6,9,11-12,21H2,(H,22,24). The summed E-state index contributed by atoms with van der Waals surface area (Å²) < 4.78 is 13.1. The zero-order valence-corrected chi connectivity index (χ0v) is 13.8. The van der Waals surface area contributed by atoms with E-state index in [0.29, 0.717) is 17.8 Å². The van der Waals surface area contributed by atoms with Gasteiger partial charge in [0.2, 0.25) is 11.8 Å². The molecule has 0 aliphatic carbocycles. The van der Waals surface area contributed by atoms with E-state index in [2.05, 4.69) is 5.32 Å². The SMILES string of the molecule is Nc1cccc2c1CCCN2C(=O)CNC(=O)Cc1cccc(F)c1. The number of carbonyl (C=O) groups is 2. The molecule has 2 aromatic carbocycles. The van der Waals surface area contributed by atoms with Gasteiger partial charge in [-0.25, -0.2) is 4.39 Å². The minimum atomic E-state index is -0.385. The second-order valence-electron chi connectivity index (χ2n) is 6.08. The molecule has 1 aliphatic rings. The van der Waals surface area contributed by atoms with Crippen molar-refractivity contribution in [2.75, 3.05) is 23.7 Å². The molecule has 0 spiro atoms. The van der Waals surface area contributed by atoms with Gasteiger partial charge in [-0.3, -0.25) is 9.59 Å². The first-order chi connectivity index (χ1) is 12.0. The average Bonchev–Trinajstić information content (AvgIpc) is 2.60. The van der Waals surface area contributed by atoms with E-state index in [9.17, 15) is 14.0 Å². The van der Waals surface area contributed by atoms with E-state index in [1.807, 2.05) is 18.2 Å². The zero-order valence-electron chi connectivity index (χ0n) is 13.8. The number of nitrogens with zero attached hydrogens (tertiary/aromatic N) is 1. The number of hydrogen-bond acceptors (Lipinski definition) is 3. The molecule has 0 saturated heterocycles. The maximum atomic E-state index is 13.1. The average molecular weight is 341 g/mol. The predicted molar refractivity (Wildman–Crippen MR) is 94.6 cm³/mol. The van der Waals surface area contributed by atoms with Crippen LogP contribution in [0.2, 0.25) is 0 Å². The Morgan fingerprint density at radius 1 is 1.20 bits per heavy atom. The number of fused-ring (bicyclic) bond motifs is 1. The molecule has 0 aromatic heterocycles. The smallest absolute Gasteiger partial charge is 0.246 e. The molecule has 0 unspecified atom stereocenters. The lowest BCUT2D eigenvalue weighted by molar-refractivity contribution is -0.124. The lowest BCUT2D eigenvalue weighted by atomic mass is 10.00. The first-order valence-electron chi connectivity index (χ1n) is 8.23. The Morgan fingerprint density at radius 2 is 2.00 bits per heavy atom. The van der Waals surface area contributed by atoms with Gasteiger partial charge < -0.3 is 16.0 Å². The predicted octanol–water partition coefficient (Wildman–Crippen LogP) is 2.05. The summed E-state index contributed by atoms with van der Waals surface area (Å²) in [5.41, 5.74) is 9.04. The normalized spacial score (nSPS) is 13.2. The Hall–Kier alpha value is -2.89. The highest BCUT2D eigenvalue weighted by Gasteiger charge is 2.23. The van der Waals surface area contributed by atoms with Gasteiger partial charge in [0.15, 0.2) is 0 Å². The van der Waals surface area contributed by atoms with Crippen LogP contribution in [0.1, 0.15) is 17.5 Å². The van der Waals surface area contributed by atoms with Crippen molar-refractivity contribution >= 4 is 23.2 Å². The van der Waals surface area contributed by atoms with Crippen LogP contribution in [0, 0.1) is 5.82 Å². The molecule has 2 aromatic rings. The van der Waals surface area contributed by atoms with E-state index >= 15 is 0 Å². The lowest BCUT2D eigenvalue weighted by Crippen LogP contribution is -2.43. The second-order valence-corrected chi connectivity index (χ2v) is 6.08. The minimum absolute atomic E-state index is 0.0363. The lowest BCUT2D eigenvalue weighted by Gasteiger charge is -2.30. The van der Waals surface area contributed by atoms with Crippen molar-refractivity contribution < 1.29 is 14.0 Å². The Balaban J connectivity index is 1.60. The number of amides is 2. The van der Waals surface area contributed by atoms with E-state index in [1.54, 1.807) is 17.0 Å². The number of nitrogens with one attached hydrogen (secondary N) is 1. The first kappa shape index (κ1) is 17.0. The largest absolute Gasteiger partial charge is 0.398 e. The van der Waals surface area contributed by atoms with E-state index < -0.39 is 0 Å². The van der Waals surface area contributed by atoms with Crippen LogP contribution in [-0.4, -0.2) is 24.9 Å². The molecule has 1 aliphatic heterocycles. The molecule has 0 atom stereocenters. The summed E-state index contributed by atoms with van der Waals surface area (Å²) >= 11 is 0. The molecule has 2 amide bonds. The second kappa shape index (κ2) is 7.34. The fourth-order valence-corrected chi connectivity index (χ4v) is 3.08. The Kier molecular flexibility index (Phi) is 4.97. The summed E-state index contributed by atoms with van der Waals surface area (Å²) in [7, 11) is 0. The Bertz CT molecular complexity index is 807. The molecule has 6 heteroatoms. The molecule has 0 radical (unpaired) electrons. The number of hydrogen-bond donors (Lipinski definition) is 2. The van der Waals surface area contributed by atoms with Crippen LogP contribution in [-0.2, 0) is 22.4 Å². The highest BCUT2D eigenvalue weighted by Crippen LogP contribution is 2.31. The highest BCUT2D eigenvalue weighted by molar-refractivity contribution is 5.98. The Labute approximate surface area is 145 Å².